The van der Waals surface area contributed by atoms with E-state index in [1.165, 1.54) is 0 Å². The molecule has 0 aliphatic carbocycles. The first kappa shape index (κ1) is 22.4. The van der Waals surface area contributed by atoms with Crippen molar-refractivity contribution in [1.82, 2.24) is 0 Å². The highest BCUT2D eigenvalue weighted by atomic mass is 16.5. The quantitative estimate of drug-likeness (QED) is 0.338. The maximum Gasteiger partial charge on any atom is 0.344 e. The van der Waals surface area contributed by atoms with Gasteiger partial charge in [-0.15, -0.1) is 0 Å². The van der Waals surface area contributed by atoms with Gasteiger partial charge in [-0.1, -0.05) is 0 Å². The maximum absolute atomic E-state index is 12.9. The second kappa shape index (κ2) is 8.61. The predicted octanol–water partition coefficient (Wildman–Crippen LogP) is 5.18. The van der Waals surface area contributed by atoms with Crippen molar-refractivity contribution in [2.75, 3.05) is 13.7 Å². The first-order valence-electron chi connectivity index (χ1n) is 10.7. The van der Waals surface area contributed by atoms with Crippen LogP contribution in [0.15, 0.2) is 45.6 Å². The number of hydrogen-bond acceptors (Lipinski definition) is 6. The molecule has 1 unspecified atom stereocenters. The molecule has 33 heavy (non-hydrogen) atoms. The molecule has 0 aliphatic rings. The van der Waals surface area contributed by atoms with Crippen molar-refractivity contribution in [3.05, 3.63) is 69.1 Å². The summed E-state index contributed by atoms with van der Waals surface area (Å²) in [4.78, 5) is 12.9. The number of nitrogens with zero attached hydrogens (tertiary/aromatic N) is 1. The van der Waals surface area contributed by atoms with E-state index in [9.17, 15) is 15.2 Å². The van der Waals surface area contributed by atoms with Crippen molar-refractivity contribution in [3.63, 3.8) is 0 Å². The van der Waals surface area contributed by atoms with Gasteiger partial charge in [0.1, 0.15) is 23.2 Å². The minimum absolute atomic E-state index is 0.152. The van der Waals surface area contributed by atoms with Crippen LogP contribution >= 0.6 is 0 Å². The van der Waals surface area contributed by atoms with Gasteiger partial charge in [0.15, 0.2) is 0 Å². The van der Waals surface area contributed by atoms with Gasteiger partial charge < -0.3 is 19.0 Å². The first-order chi connectivity index (χ1) is 15.8. The molecule has 6 nitrogen and oxygen atoms in total. The summed E-state index contributed by atoms with van der Waals surface area (Å²) < 4.78 is 17.8. The highest BCUT2D eigenvalue weighted by Crippen LogP contribution is 2.46. The number of benzene rings is 3. The standard InChI is InChI=1S/C27H25NO5/c1-14-8-21-20-11-18(12-28)6-7-19(20)27(30)33-26(21)22(9-14)23-24(31-5)15(2)10-16(3)25(23)32-17(4)13-29/h6-11,17,29H,13H2,1-5H3. The van der Waals surface area contributed by atoms with Crippen molar-refractivity contribution in [2.45, 2.75) is 33.8 Å². The SMILES string of the molecule is COc1c(C)cc(C)c(OC(C)CO)c1-c1cc(C)cc2c1oc(=O)c1ccc(C#N)cc12. The summed E-state index contributed by atoms with van der Waals surface area (Å²) in [5.74, 6) is 1.15. The van der Waals surface area contributed by atoms with Crippen molar-refractivity contribution in [1.29, 1.82) is 5.26 Å². The Labute approximate surface area is 191 Å². The molecule has 0 saturated carbocycles. The summed E-state index contributed by atoms with van der Waals surface area (Å²) in [6.45, 7) is 7.46. The lowest BCUT2D eigenvalue weighted by molar-refractivity contribution is 0.129. The van der Waals surface area contributed by atoms with Gasteiger partial charge in [-0.25, -0.2) is 4.79 Å². The molecule has 0 aliphatic heterocycles. The van der Waals surface area contributed by atoms with Crippen LogP contribution in [0, 0.1) is 32.1 Å². The molecule has 0 spiro atoms. The summed E-state index contributed by atoms with van der Waals surface area (Å²) in [5.41, 5.74) is 4.38. The fourth-order valence-corrected chi connectivity index (χ4v) is 4.28. The monoisotopic (exact) mass is 443 g/mol. The highest BCUT2D eigenvalue weighted by Gasteiger charge is 2.24. The minimum Gasteiger partial charge on any atom is -0.496 e. The topological polar surface area (TPSA) is 92.7 Å². The summed E-state index contributed by atoms with van der Waals surface area (Å²) in [6.07, 6.45) is -0.447. The zero-order valence-corrected chi connectivity index (χ0v) is 19.3. The average Bonchev–Trinajstić information content (AvgIpc) is 2.80. The summed E-state index contributed by atoms with van der Waals surface area (Å²) in [5, 5.41) is 20.8. The minimum atomic E-state index is -0.485. The molecule has 0 bridgehead atoms. The fourth-order valence-electron chi connectivity index (χ4n) is 4.28. The van der Waals surface area contributed by atoms with Crippen LogP contribution in [0.1, 0.15) is 29.2 Å². The van der Waals surface area contributed by atoms with Crippen LogP contribution in [0.25, 0.3) is 32.9 Å². The number of fused-ring (bicyclic) bond motifs is 3. The number of methoxy groups -OCH3 is 1. The average molecular weight is 443 g/mol. The summed E-state index contributed by atoms with van der Waals surface area (Å²) in [6, 6.07) is 12.9. The Morgan fingerprint density at radius 3 is 2.42 bits per heavy atom. The van der Waals surface area contributed by atoms with Crippen LogP contribution in [-0.4, -0.2) is 24.9 Å². The molecule has 0 amide bonds. The molecule has 1 aromatic heterocycles. The van der Waals surface area contributed by atoms with Crippen molar-refractivity contribution < 1.29 is 19.0 Å². The second-order valence-electron chi connectivity index (χ2n) is 8.31. The third-order valence-corrected chi connectivity index (χ3v) is 5.74. The largest absolute Gasteiger partial charge is 0.496 e. The molecular weight excluding hydrogens is 418 g/mol. The van der Waals surface area contributed by atoms with E-state index in [4.69, 9.17) is 13.9 Å². The van der Waals surface area contributed by atoms with Crippen molar-refractivity contribution in [3.8, 4) is 28.7 Å². The normalized spacial score (nSPS) is 12.0. The number of nitriles is 1. The molecule has 0 fully saturated rings. The van der Waals surface area contributed by atoms with Crippen molar-refractivity contribution >= 4 is 21.7 Å². The molecule has 1 N–H and O–H groups in total. The molecular formula is C27H25NO5. The Kier molecular flexibility index (Phi) is 5.84. The lowest BCUT2D eigenvalue weighted by atomic mass is 9.93. The number of aliphatic hydroxyl groups is 1. The second-order valence-corrected chi connectivity index (χ2v) is 8.31. The van der Waals surface area contributed by atoms with E-state index in [2.05, 4.69) is 6.07 Å². The van der Waals surface area contributed by atoms with E-state index in [-0.39, 0.29) is 6.61 Å². The highest BCUT2D eigenvalue weighted by molar-refractivity contribution is 6.10. The lowest BCUT2D eigenvalue weighted by Gasteiger charge is -2.22. The van der Waals surface area contributed by atoms with Gasteiger partial charge in [0.05, 0.1) is 36.3 Å². The first-order valence-corrected chi connectivity index (χ1v) is 10.7. The molecule has 3 aromatic carbocycles. The van der Waals surface area contributed by atoms with E-state index in [0.29, 0.717) is 44.5 Å². The Bertz CT molecular complexity index is 1490. The van der Waals surface area contributed by atoms with E-state index in [0.717, 1.165) is 22.1 Å². The zero-order valence-electron chi connectivity index (χ0n) is 19.3. The zero-order chi connectivity index (χ0) is 23.9. The summed E-state index contributed by atoms with van der Waals surface area (Å²) in [7, 11) is 1.59. The van der Waals surface area contributed by atoms with Crippen LogP contribution in [0.2, 0.25) is 0 Å². The molecule has 1 atom stereocenters. The molecule has 0 radical (unpaired) electrons. The molecule has 6 heteroatoms. The Balaban J connectivity index is 2.20. The number of hydrogen-bond donors (Lipinski definition) is 1. The number of aryl methyl sites for hydroxylation is 3. The Morgan fingerprint density at radius 1 is 1.03 bits per heavy atom. The third-order valence-electron chi connectivity index (χ3n) is 5.74. The van der Waals surface area contributed by atoms with E-state index in [1.807, 2.05) is 39.0 Å². The molecule has 4 aromatic rings. The number of ether oxygens (including phenoxy) is 2. The lowest BCUT2D eigenvalue weighted by Crippen LogP contribution is -2.17. The molecule has 168 valence electrons. The van der Waals surface area contributed by atoms with E-state index < -0.39 is 11.7 Å². The smallest absolute Gasteiger partial charge is 0.344 e. The summed E-state index contributed by atoms with van der Waals surface area (Å²) >= 11 is 0. The van der Waals surface area contributed by atoms with Crippen LogP contribution in [0.4, 0.5) is 0 Å². The third kappa shape index (κ3) is 3.81. The molecule has 1 heterocycles. The van der Waals surface area contributed by atoms with Crippen LogP contribution < -0.4 is 15.1 Å². The van der Waals surface area contributed by atoms with Gasteiger partial charge in [-0.05, 0) is 80.8 Å². The van der Waals surface area contributed by atoms with Crippen LogP contribution in [0.3, 0.4) is 0 Å². The Hall–Kier alpha value is -3.82. The predicted molar refractivity (Wildman–Crippen MR) is 128 cm³/mol. The van der Waals surface area contributed by atoms with E-state index in [1.54, 1.807) is 32.2 Å². The van der Waals surface area contributed by atoms with Crippen LogP contribution in [-0.2, 0) is 0 Å². The Morgan fingerprint density at radius 2 is 1.76 bits per heavy atom. The van der Waals surface area contributed by atoms with Gasteiger partial charge in [-0.2, -0.15) is 5.26 Å². The fraction of sp³-hybridized carbons (Fsp3) is 0.259. The van der Waals surface area contributed by atoms with Crippen LogP contribution in [0.5, 0.6) is 11.5 Å². The van der Waals surface area contributed by atoms with Gasteiger partial charge in [0.25, 0.3) is 0 Å². The molecule has 0 saturated heterocycles. The van der Waals surface area contributed by atoms with Gasteiger partial charge in [-0.3, -0.25) is 0 Å². The number of rotatable bonds is 5. The van der Waals surface area contributed by atoms with Gasteiger partial charge in [0, 0.05) is 16.3 Å². The molecule has 4 rings (SSSR count). The van der Waals surface area contributed by atoms with Gasteiger partial charge in [0.2, 0.25) is 0 Å². The van der Waals surface area contributed by atoms with E-state index >= 15 is 0 Å². The van der Waals surface area contributed by atoms with Gasteiger partial charge >= 0.3 is 5.63 Å². The number of aliphatic hydroxyl groups excluding tert-OH is 1. The maximum atomic E-state index is 12.9. The van der Waals surface area contributed by atoms with Crippen molar-refractivity contribution in [2.24, 2.45) is 0 Å².